The van der Waals surface area contributed by atoms with Gasteiger partial charge in [-0.1, -0.05) is 91.0 Å². The van der Waals surface area contributed by atoms with Gasteiger partial charge in [0.05, 0.1) is 22.0 Å². The van der Waals surface area contributed by atoms with Crippen molar-refractivity contribution in [2.45, 2.75) is 71.0 Å². The summed E-state index contributed by atoms with van der Waals surface area (Å²) in [5.41, 5.74) is 3.64. The average molecular weight is 645 g/mol. The Balaban J connectivity index is 1.76. The largest absolute Gasteiger partial charge is 0.352 e. The van der Waals surface area contributed by atoms with Crippen molar-refractivity contribution < 1.29 is 18.0 Å². The summed E-state index contributed by atoms with van der Waals surface area (Å²) >= 11 is 12.5. The summed E-state index contributed by atoms with van der Waals surface area (Å²) in [6, 6.07) is 19.1. The molecule has 0 bridgehead atoms. The molecule has 43 heavy (non-hydrogen) atoms. The van der Waals surface area contributed by atoms with E-state index in [1.807, 2.05) is 50.2 Å². The first-order valence-corrected chi connectivity index (χ1v) is 17.2. The second kappa shape index (κ2) is 14.6. The van der Waals surface area contributed by atoms with Gasteiger partial charge >= 0.3 is 0 Å². The smallest absolute Gasteiger partial charge is 0.244 e. The Bertz CT molecular complexity index is 1540. The Kier molecular flexibility index (Phi) is 11.2. The van der Waals surface area contributed by atoms with E-state index in [1.165, 1.54) is 4.90 Å². The van der Waals surface area contributed by atoms with Crippen LogP contribution in [0.4, 0.5) is 5.69 Å². The van der Waals surface area contributed by atoms with Crippen LogP contribution in [-0.4, -0.2) is 50.0 Å². The highest BCUT2D eigenvalue weighted by Crippen LogP contribution is 2.27. The van der Waals surface area contributed by atoms with Crippen LogP contribution in [0.5, 0.6) is 0 Å². The molecule has 7 nitrogen and oxygen atoms in total. The maximum Gasteiger partial charge on any atom is 0.244 e. The fourth-order valence-electron chi connectivity index (χ4n) is 5.53. The SMILES string of the molecule is Cc1cccc(N(CC(=O)N(Cc2ccc(Cl)c(Cl)c2)[C@@H](Cc2ccccc2)C(=O)NC2CCCCC2)S(C)(=O)=O)c1C. The predicted octanol–water partition coefficient (Wildman–Crippen LogP) is 6.47. The van der Waals surface area contributed by atoms with Crippen LogP contribution in [0, 0.1) is 13.8 Å². The van der Waals surface area contributed by atoms with E-state index in [1.54, 1.807) is 30.3 Å². The Morgan fingerprint density at radius 3 is 2.26 bits per heavy atom. The molecule has 0 unspecified atom stereocenters. The zero-order valence-corrected chi connectivity index (χ0v) is 27.2. The van der Waals surface area contributed by atoms with Gasteiger partial charge in [0.2, 0.25) is 21.8 Å². The van der Waals surface area contributed by atoms with Crippen molar-refractivity contribution in [3.05, 3.63) is 99.0 Å². The van der Waals surface area contributed by atoms with Gasteiger partial charge in [-0.05, 0) is 67.1 Å². The van der Waals surface area contributed by atoms with Gasteiger partial charge in [-0.15, -0.1) is 0 Å². The molecule has 3 aromatic carbocycles. The van der Waals surface area contributed by atoms with Gasteiger partial charge in [-0.2, -0.15) is 0 Å². The molecule has 4 rings (SSSR count). The number of rotatable bonds is 11. The number of nitrogens with one attached hydrogen (secondary N) is 1. The molecule has 10 heteroatoms. The normalized spacial score (nSPS) is 14.6. The number of halogens is 2. The maximum atomic E-state index is 14.3. The first-order valence-electron chi connectivity index (χ1n) is 14.6. The minimum absolute atomic E-state index is 0.0314. The van der Waals surface area contributed by atoms with E-state index < -0.39 is 28.5 Å². The lowest BCUT2D eigenvalue weighted by molar-refractivity contribution is -0.140. The van der Waals surface area contributed by atoms with Gasteiger partial charge in [-0.3, -0.25) is 13.9 Å². The number of aryl methyl sites for hydroxylation is 1. The number of nitrogens with zero attached hydrogens (tertiary/aromatic N) is 2. The lowest BCUT2D eigenvalue weighted by atomic mass is 9.94. The number of sulfonamides is 1. The molecule has 0 saturated heterocycles. The zero-order valence-electron chi connectivity index (χ0n) is 24.9. The minimum atomic E-state index is -3.85. The molecule has 1 N–H and O–H groups in total. The number of carbonyl (C=O) groups is 2. The highest BCUT2D eigenvalue weighted by atomic mass is 35.5. The van der Waals surface area contributed by atoms with Gasteiger partial charge in [0.15, 0.2) is 0 Å². The molecule has 0 aliphatic heterocycles. The first-order chi connectivity index (χ1) is 20.4. The predicted molar refractivity (Wildman–Crippen MR) is 174 cm³/mol. The fourth-order valence-corrected chi connectivity index (χ4v) is 6.75. The molecule has 3 aromatic rings. The van der Waals surface area contributed by atoms with Crippen LogP contribution in [0.3, 0.4) is 0 Å². The van der Waals surface area contributed by atoms with Crippen LogP contribution >= 0.6 is 23.2 Å². The van der Waals surface area contributed by atoms with Crippen LogP contribution < -0.4 is 9.62 Å². The topological polar surface area (TPSA) is 86.8 Å². The molecule has 1 atom stereocenters. The van der Waals surface area contributed by atoms with E-state index in [0.29, 0.717) is 21.3 Å². The average Bonchev–Trinajstić information content (AvgIpc) is 2.97. The van der Waals surface area contributed by atoms with E-state index >= 15 is 0 Å². The molecule has 0 spiro atoms. The van der Waals surface area contributed by atoms with Crippen molar-refractivity contribution in [1.29, 1.82) is 0 Å². The van der Waals surface area contributed by atoms with E-state index in [4.69, 9.17) is 23.2 Å². The van der Waals surface area contributed by atoms with E-state index in [9.17, 15) is 18.0 Å². The van der Waals surface area contributed by atoms with Gasteiger partial charge < -0.3 is 10.2 Å². The Hall–Kier alpha value is -3.07. The molecule has 0 aromatic heterocycles. The van der Waals surface area contributed by atoms with E-state index in [2.05, 4.69) is 5.32 Å². The quantitative estimate of drug-likeness (QED) is 0.260. The summed E-state index contributed by atoms with van der Waals surface area (Å²) < 4.78 is 27.3. The molecule has 0 radical (unpaired) electrons. The highest BCUT2D eigenvalue weighted by Gasteiger charge is 2.34. The third-order valence-corrected chi connectivity index (χ3v) is 9.95. The zero-order chi connectivity index (χ0) is 31.1. The highest BCUT2D eigenvalue weighted by molar-refractivity contribution is 7.92. The molecular formula is C33H39Cl2N3O4S. The Labute approximate surface area is 265 Å². The first kappa shape index (κ1) is 32.8. The summed E-state index contributed by atoms with van der Waals surface area (Å²) in [6.45, 7) is 3.29. The number of carbonyl (C=O) groups excluding carboxylic acids is 2. The van der Waals surface area contributed by atoms with Crippen molar-refractivity contribution in [2.24, 2.45) is 0 Å². The number of hydrogen-bond donors (Lipinski definition) is 1. The molecule has 230 valence electrons. The number of benzene rings is 3. The van der Waals surface area contributed by atoms with Crippen molar-refractivity contribution in [3.8, 4) is 0 Å². The maximum absolute atomic E-state index is 14.3. The third-order valence-electron chi connectivity index (χ3n) is 8.08. The van der Waals surface area contributed by atoms with Crippen LogP contribution in [-0.2, 0) is 32.6 Å². The van der Waals surface area contributed by atoms with Crippen molar-refractivity contribution in [3.63, 3.8) is 0 Å². The monoisotopic (exact) mass is 643 g/mol. The summed E-state index contributed by atoms with van der Waals surface area (Å²) in [6.07, 6.45) is 6.34. The van der Waals surface area contributed by atoms with Crippen molar-refractivity contribution >= 4 is 50.7 Å². The molecule has 0 heterocycles. The lowest BCUT2D eigenvalue weighted by Gasteiger charge is -2.35. The second-order valence-corrected chi connectivity index (χ2v) is 14.0. The van der Waals surface area contributed by atoms with Crippen LogP contribution in [0.2, 0.25) is 10.0 Å². The van der Waals surface area contributed by atoms with Crippen LogP contribution in [0.25, 0.3) is 0 Å². The number of amides is 2. The number of hydrogen-bond acceptors (Lipinski definition) is 4. The third kappa shape index (κ3) is 8.74. The molecule has 2 amide bonds. The summed E-state index contributed by atoms with van der Waals surface area (Å²) in [7, 11) is -3.85. The molecule has 1 saturated carbocycles. The minimum Gasteiger partial charge on any atom is -0.352 e. The van der Waals surface area contributed by atoms with Gasteiger partial charge in [0.25, 0.3) is 0 Å². The van der Waals surface area contributed by atoms with Crippen molar-refractivity contribution in [2.75, 3.05) is 17.1 Å². The Morgan fingerprint density at radius 1 is 0.907 bits per heavy atom. The molecule has 1 aliphatic rings. The van der Waals surface area contributed by atoms with E-state index in [0.717, 1.165) is 59.4 Å². The summed E-state index contributed by atoms with van der Waals surface area (Å²) in [5, 5.41) is 3.90. The Morgan fingerprint density at radius 2 is 1.60 bits per heavy atom. The summed E-state index contributed by atoms with van der Waals surface area (Å²) in [5.74, 6) is -0.765. The standard InChI is InChI=1S/C33H39Cl2N3O4S/c1-23-11-10-16-30(24(23)2)38(43(3,41)42)22-32(39)37(21-26-17-18-28(34)29(35)19-26)31(20-25-12-6-4-7-13-25)33(40)36-27-14-8-5-9-15-27/h4,6-7,10-13,16-19,27,31H,5,8-9,14-15,20-22H2,1-3H3,(H,36,40)/t31-/m0/s1. The molecule has 1 aliphatic carbocycles. The van der Waals surface area contributed by atoms with Crippen LogP contribution in [0.1, 0.15) is 54.4 Å². The summed E-state index contributed by atoms with van der Waals surface area (Å²) in [4.78, 5) is 29.9. The lowest BCUT2D eigenvalue weighted by Crippen LogP contribution is -2.55. The second-order valence-electron chi connectivity index (χ2n) is 11.3. The fraction of sp³-hybridized carbons (Fsp3) is 0.394. The van der Waals surface area contributed by atoms with Crippen molar-refractivity contribution in [1.82, 2.24) is 10.2 Å². The molecular weight excluding hydrogens is 605 g/mol. The molecule has 1 fully saturated rings. The van der Waals surface area contributed by atoms with Gasteiger partial charge in [0, 0.05) is 19.0 Å². The van der Waals surface area contributed by atoms with Crippen LogP contribution in [0.15, 0.2) is 66.7 Å². The van der Waals surface area contributed by atoms with E-state index in [-0.39, 0.29) is 24.9 Å². The van der Waals surface area contributed by atoms with Gasteiger partial charge in [-0.25, -0.2) is 8.42 Å². The number of anilines is 1. The van der Waals surface area contributed by atoms with Gasteiger partial charge in [0.1, 0.15) is 12.6 Å².